The number of hydrogen-bond donors (Lipinski definition) is 1. The summed E-state index contributed by atoms with van der Waals surface area (Å²) < 4.78 is 4.66. The van der Waals surface area contributed by atoms with Gasteiger partial charge in [-0.1, -0.05) is 6.92 Å². The third-order valence-electron chi connectivity index (χ3n) is 2.89. The van der Waals surface area contributed by atoms with E-state index in [1.807, 2.05) is 6.92 Å². The molecule has 1 unspecified atom stereocenters. The molecular weight excluding hydrogens is 294 g/mol. The number of nitrogens with zero attached hydrogens (tertiary/aromatic N) is 2. The Hall–Kier alpha value is -1.80. The zero-order valence-corrected chi connectivity index (χ0v) is 13.3. The van der Waals surface area contributed by atoms with E-state index in [4.69, 9.17) is 0 Å². The first-order valence-electron chi connectivity index (χ1n) is 6.54. The Bertz CT molecular complexity index is 529. The fourth-order valence-electron chi connectivity index (χ4n) is 1.76. The Morgan fingerprint density at radius 3 is 2.71 bits per heavy atom. The number of carbonyl (C=O) groups excluding carboxylic acids is 2. The van der Waals surface area contributed by atoms with Crippen LogP contribution < -0.4 is 10.3 Å². The van der Waals surface area contributed by atoms with Crippen LogP contribution in [0.3, 0.4) is 0 Å². The lowest BCUT2D eigenvalue weighted by atomic mass is 10.2. The summed E-state index contributed by atoms with van der Waals surface area (Å²) in [5.41, 5.74) is 0.813. The number of esters is 1. The number of ether oxygens (including phenoxy) is 1. The molecule has 1 heterocycles. The molecule has 0 spiro atoms. The van der Waals surface area contributed by atoms with Crippen molar-refractivity contribution in [2.75, 3.05) is 18.7 Å². The maximum Gasteiger partial charge on any atom is 0.350 e. The van der Waals surface area contributed by atoms with Gasteiger partial charge in [0.15, 0.2) is 0 Å². The van der Waals surface area contributed by atoms with Crippen molar-refractivity contribution in [3.05, 3.63) is 20.7 Å². The van der Waals surface area contributed by atoms with Gasteiger partial charge in [-0.25, -0.2) is 4.79 Å². The van der Waals surface area contributed by atoms with Crippen LogP contribution in [0.1, 0.15) is 35.5 Å². The van der Waals surface area contributed by atoms with Crippen molar-refractivity contribution in [3.63, 3.8) is 0 Å². The second-order valence-electron chi connectivity index (χ2n) is 4.50. The van der Waals surface area contributed by atoms with Gasteiger partial charge in [0.2, 0.25) is 0 Å². The van der Waals surface area contributed by atoms with Gasteiger partial charge in [-0.05, 0) is 37.8 Å². The number of thiophene rings is 1. The van der Waals surface area contributed by atoms with Crippen LogP contribution in [0.15, 0.2) is 10.7 Å². The highest BCUT2D eigenvalue weighted by atomic mass is 32.1. The van der Waals surface area contributed by atoms with Crippen LogP contribution in [-0.2, 0) is 9.53 Å². The summed E-state index contributed by atoms with van der Waals surface area (Å²) in [6.07, 6.45) is 0.858. The molecule has 7 nitrogen and oxygen atoms in total. The first kappa shape index (κ1) is 17.3. The predicted octanol–water partition coefficient (Wildman–Crippen LogP) is 2.25. The first-order chi connectivity index (χ1) is 9.97. The molecule has 1 amide bonds. The lowest BCUT2D eigenvalue weighted by molar-refractivity contribution is -0.120. The van der Waals surface area contributed by atoms with E-state index >= 15 is 0 Å². The summed E-state index contributed by atoms with van der Waals surface area (Å²) in [5, 5.41) is 8.18. The Kier molecular flexibility index (Phi) is 6.44. The van der Waals surface area contributed by atoms with E-state index in [1.54, 1.807) is 19.2 Å². The topological polar surface area (TPSA) is 88.1 Å². The van der Waals surface area contributed by atoms with E-state index in [0.717, 1.165) is 22.8 Å². The van der Waals surface area contributed by atoms with Crippen LogP contribution in [0.25, 0.3) is 0 Å². The number of anilines is 1. The van der Waals surface area contributed by atoms with E-state index < -0.39 is 17.9 Å². The number of hydrogen-bond acceptors (Lipinski definition) is 7. The fourth-order valence-corrected chi connectivity index (χ4v) is 2.71. The normalized spacial score (nSPS) is 11.8. The second kappa shape index (κ2) is 7.84. The molecule has 21 heavy (non-hydrogen) atoms. The highest BCUT2D eigenvalue weighted by Crippen LogP contribution is 2.32. The summed E-state index contributed by atoms with van der Waals surface area (Å²) in [5.74, 6) is -1.11. The predicted molar refractivity (Wildman–Crippen MR) is 81.4 cm³/mol. The summed E-state index contributed by atoms with van der Waals surface area (Å²) >= 11 is 1.11. The maximum atomic E-state index is 12.3. The van der Waals surface area contributed by atoms with Gasteiger partial charge < -0.3 is 10.1 Å². The monoisotopic (exact) mass is 313 g/mol. The molecule has 0 saturated heterocycles. The van der Waals surface area contributed by atoms with Crippen molar-refractivity contribution in [3.8, 4) is 0 Å². The largest absolute Gasteiger partial charge is 0.465 e. The van der Waals surface area contributed by atoms with Crippen molar-refractivity contribution in [1.82, 2.24) is 5.32 Å². The van der Waals surface area contributed by atoms with Gasteiger partial charge in [0, 0.05) is 0 Å². The second-order valence-corrected chi connectivity index (χ2v) is 5.38. The summed E-state index contributed by atoms with van der Waals surface area (Å²) in [6, 6.07) is -0.576. The molecule has 0 aliphatic heterocycles. The van der Waals surface area contributed by atoms with Crippen molar-refractivity contribution in [1.29, 1.82) is 0 Å². The number of nitroso groups, excluding NO2 is 1. The van der Waals surface area contributed by atoms with Crippen LogP contribution in [0.2, 0.25) is 0 Å². The SMILES string of the molecule is CCCNC(C)C(=O)N(N=O)c1c(C)csc1C(=O)OC. The van der Waals surface area contributed by atoms with Crippen LogP contribution in [0, 0.1) is 11.8 Å². The molecule has 8 heteroatoms. The van der Waals surface area contributed by atoms with Gasteiger partial charge >= 0.3 is 5.97 Å². The molecule has 1 aromatic heterocycles. The maximum absolute atomic E-state index is 12.3. The lowest BCUT2D eigenvalue weighted by Gasteiger charge is -2.19. The Morgan fingerprint density at radius 1 is 1.52 bits per heavy atom. The van der Waals surface area contributed by atoms with Crippen molar-refractivity contribution in [2.45, 2.75) is 33.2 Å². The molecule has 0 radical (unpaired) electrons. The Labute approximate surface area is 127 Å². The number of carbonyl (C=O) groups is 2. The zero-order valence-electron chi connectivity index (χ0n) is 12.5. The highest BCUT2D eigenvalue weighted by Gasteiger charge is 2.29. The summed E-state index contributed by atoms with van der Waals surface area (Å²) in [4.78, 5) is 35.3. The van der Waals surface area contributed by atoms with Crippen LogP contribution in [0.5, 0.6) is 0 Å². The van der Waals surface area contributed by atoms with Crippen molar-refractivity contribution >= 4 is 28.9 Å². The third-order valence-corrected chi connectivity index (χ3v) is 3.95. The average Bonchev–Trinajstić information content (AvgIpc) is 2.86. The van der Waals surface area contributed by atoms with E-state index in [9.17, 15) is 14.5 Å². The first-order valence-corrected chi connectivity index (χ1v) is 7.42. The standard InChI is InChI=1S/C13H19N3O4S/c1-5-6-14-9(3)12(17)16(15-19)10-8(2)7-21-11(10)13(18)20-4/h7,9,14H,5-6H2,1-4H3. The Balaban J connectivity index is 3.10. The van der Waals surface area contributed by atoms with E-state index in [-0.39, 0.29) is 10.6 Å². The summed E-state index contributed by atoms with van der Waals surface area (Å²) in [7, 11) is 1.24. The molecule has 0 saturated carbocycles. The molecule has 1 rings (SSSR count). The number of aryl methyl sites for hydroxylation is 1. The van der Waals surface area contributed by atoms with Crippen molar-refractivity contribution < 1.29 is 14.3 Å². The highest BCUT2D eigenvalue weighted by molar-refractivity contribution is 7.12. The van der Waals surface area contributed by atoms with E-state index in [2.05, 4.69) is 15.3 Å². The number of rotatable bonds is 7. The minimum Gasteiger partial charge on any atom is -0.465 e. The quantitative estimate of drug-likeness (QED) is 0.474. The fraction of sp³-hybridized carbons (Fsp3) is 0.538. The molecule has 0 aromatic carbocycles. The lowest BCUT2D eigenvalue weighted by Crippen LogP contribution is -2.43. The average molecular weight is 313 g/mol. The van der Waals surface area contributed by atoms with Crippen molar-refractivity contribution in [2.24, 2.45) is 5.29 Å². The van der Waals surface area contributed by atoms with Gasteiger partial charge in [0.05, 0.1) is 18.4 Å². The molecule has 0 fully saturated rings. The molecule has 1 aromatic rings. The smallest absolute Gasteiger partial charge is 0.350 e. The van der Waals surface area contributed by atoms with Gasteiger partial charge in [-0.15, -0.1) is 16.2 Å². The number of amides is 1. The number of nitrogens with one attached hydrogen (secondary N) is 1. The molecule has 0 bridgehead atoms. The molecule has 0 aliphatic rings. The Morgan fingerprint density at radius 2 is 2.19 bits per heavy atom. The molecule has 1 atom stereocenters. The van der Waals surface area contributed by atoms with Gasteiger partial charge in [0.25, 0.3) is 5.91 Å². The number of methoxy groups -OCH3 is 1. The van der Waals surface area contributed by atoms with Crippen LogP contribution in [0.4, 0.5) is 5.69 Å². The molecule has 116 valence electrons. The van der Waals surface area contributed by atoms with Crippen LogP contribution in [-0.4, -0.2) is 31.6 Å². The van der Waals surface area contributed by atoms with Gasteiger partial charge in [0.1, 0.15) is 10.6 Å². The van der Waals surface area contributed by atoms with E-state index in [1.165, 1.54) is 7.11 Å². The van der Waals surface area contributed by atoms with Gasteiger partial charge in [-0.2, -0.15) is 5.01 Å². The van der Waals surface area contributed by atoms with E-state index in [0.29, 0.717) is 12.1 Å². The zero-order chi connectivity index (χ0) is 16.0. The minimum atomic E-state index is -0.598. The van der Waals surface area contributed by atoms with Gasteiger partial charge in [-0.3, -0.25) is 4.79 Å². The van der Waals surface area contributed by atoms with Crippen LogP contribution >= 0.6 is 11.3 Å². The molecule has 1 N–H and O–H groups in total. The molecular formula is C13H19N3O4S. The third kappa shape index (κ3) is 3.85. The summed E-state index contributed by atoms with van der Waals surface area (Å²) in [6.45, 7) is 5.97. The molecule has 0 aliphatic carbocycles. The minimum absolute atomic E-state index is 0.186.